The fourth-order valence-electron chi connectivity index (χ4n) is 3.63. The second kappa shape index (κ2) is 8.06. The van der Waals surface area contributed by atoms with E-state index in [1.54, 1.807) is 9.42 Å². The molecule has 6 nitrogen and oxygen atoms in total. The number of hydrogen-bond acceptors (Lipinski definition) is 4. The van der Waals surface area contributed by atoms with Gasteiger partial charge in [-0.2, -0.15) is 4.98 Å². The molecule has 2 aromatic heterocycles. The van der Waals surface area contributed by atoms with Crippen molar-refractivity contribution in [2.24, 2.45) is 0 Å². The van der Waals surface area contributed by atoms with E-state index in [9.17, 15) is 4.79 Å². The van der Waals surface area contributed by atoms with Gasteiger partial charge in [0, 0.05) is 36.1 Å². The van der Waals surface area contributed by atoms with E-state index in [-0.39, 0.29) is 12.3 Å². The molecule has 4 rings (SSSR count). The maximum absolute atomic E-state index is 12.9. The number of rotatable bonds is 5. The molecule has 2 aromatic carbocycles. The lowest BCUT2D eigenvalue weighted by atomic mass is 10.1. The molecular formula is C24H25N5O. The van der Waals surface area contributed by atoms with E-state index >= 15 is 0 Å². The molecule has 6 heteroatoms. The van der Waals surface area contributed by atoms with Crippen molar-refractivity contribution in [3.05, 3.63) is 82.7 Å². The predicted molar refractivity (Wildman–Crippen MR) is 117 cm³/mol. The number of amides is 1. The third-order valence-electron chi connectivity index (χ3n) is 5.45. The third-order valence-corrected chi connectivity index (χ3v) is 5.45. The Kier molecular flexibility index (Phi) is 5.31. The van der Waals surface area contributed by atoms with Gasteiger partial charge in [0.05, 0.1) is 6.42 Å². The summed E-state index contributed by atoms with van der Waals surface area (Å²) in [6.45, 7) is 6.51. The normalized spacial score (nSPS) is 11.1. The lowest BCUT2D eigenvalue weighted by Crippen LogP contribution is -2.28. The third kappa shape index (κ3) is 3.81. The van der Waals surface area contributed by atoms with Gasteiger partial charge in [0.15, 0.2) is 5.82 Å². The highest BCUT2D eigenvalue weighted by atomic mass is 16.2. The van der Waals surface area contributed by atoms with Gasteiger partial charge in [0.2, 0.25) is 5.91 Å². The molecule has 2 heterocycles. The van der Waals surface area contributed by atoms with Crippen LogP contribution in [0, 0.1) is 20.8 Å². The van der Waals surface area contributed by atoms with Crippen LogP contribution < -0.4 is 0 Å². The van der Waals surface area contributed by atoms with Crippen LogP contribution in [-0.2, 0) is 17.8 Å². The van der Waals surface area contributed by atoms with Gasteiger partial charge in [-0.1, -0.05) is 54.6 Å². The molecule has 4 aromatic rings. The maximum Gasteiger partial charge on any atom is 0.253 e. The summed E-state index contributed by atoms with van der Waals surface area (Å²) in [5.74, 6) is 1.25. The van der Waals surface area contributed by atoms with E-state index in [0.717, 1.165) is 33.6 Å². The summed E-state index contributed by atoms with van der Waals surface area (Å²) < 4.78 is 1.74. The lowest BCUT2D eigenvalue weighted by Gasteiger charge is -2.18. The Bertz CT molecular complexity index is 1210. The number of likely N-dealkylation sites (N-methyl/N-ethyl adjacent to an activating group) is 1. The molecule has 0 unspecified atom stereocenters. The minimum absolute atomic E-state index is 0.0467. The summed E-state index contributed by atoms with van der Waals surface area (Å²) in [5, 5.41) is 4.68. The van der Waals surface area contributed by atoms with E-state index in [0.29, 0.717) is 18.1 Å². The number of carbonyl (C=O) groups excluding carboxylic acids is 1. The second-order valence-corrected chi connectivity index (χ2v) is 7.64. The van der Waals surface area contributed by atoms with Crippen molar-refractivity contribution in [1.29, 1.82) is 0 Å². The molecule has 152 valence electrons. The Labute approximate surface area is 176 Å². The SMILES string of the molecule is Cc1ccccc1-c1nc2nc(C)c(CC(=O)N(C)Cc3ccccc3)c(C)n2n1. The Hall–Kier alpha value is -3.54. The molecule has 0 saturated heterocycles. The topological polar surface area (TPSA) is 63.4 Å². The second-order valence-electron chi connectivity index (χ2n) is 7.64. The average molecular weight is 399 g/mol. The largest absolute Gasteiger partial charge is 0.341 e. The Balaban J connectivity index is 1.63. The molecule has 0 fully saturated rings. The van der Waals surface area contributed by atoms with Gasteiger partial charge in [0.1, 0.15) is 0 Å². The molecule has 0 bridgehead atoms. The van der Waals surface area contributed by atoms with Crippen LogP contribution in [0.4, 0.5) is 0 Å². The summed E-state index contributed by atoms with van der Waals surface area (Å²) >= 11 is 0. The number of benzene rings is 2. The fraction of sp³-hybridized carbons (Fsp3) is 0.250. The van der Waals surface area contributed by atoms with E-state index in [2.05, 4.69) is 15.1 Å². The van der Waals surface area contributed by atoms with Crippen LogP contribution in [0.15, 0.2) is 54.6 Å². The van der Waals surface area contributed by atoms with Crippen LogP contribution in [-0.4, -0.2) is 37.4 Å². The van der Waals surface area contributed by atoms with Gasteiger partial charge in [-0.05, 0) is 31.9 Å². The van der Waals surface area contributed by atoms with Gasteiger partial charge in [0.25, 0.3) is 5.78 Å². The summed E-state index contributed by atoms with van der Waals surface area (Å²) in [5.41, 5.74) is 5.81. The van der Waals surface area contributed by atoms with Gasteiger partial charge >= 0.3 is 0 Å². The molecule has 0 radical (unpaired) electrons. The Morgan fingerprint density at radius 2 is 1.67 bits per heavy atom. The van der Waals surface area contributed by atoms with Crippen molar-refractivity contribution in [3.8, 4) is 11.4 Å². The first-order valence-corrected chi connectivity index (χ1v) is 10.0. The number of aryl methyl sites for hydroxylation is 3. The standard InChI is InChI=1S/C24H25N5O/c1-16-10-8-9-13-20(16)23-26-24-25-17(2)21(18(3)29(24)27-23)14-22(30)28(4)15-19-11-6-5-7-12-19/h5-13H,14-15H2,1-4H3. The molecule has 1 amide bonds. The van der Waals surface area contributed by atoms with Gasteiger partial charge < -0.3 is 4.90 Å². The van der Waals surface area contributed by atoms with E-state index in [1.165, 1.54) is 0 Å². The zero-order valence-electron chi connectivity index (χ0n) is 17.8. The zero-order chi connectivity index (χ0) is 21.3. The first-order chi connectivity index (χ1) is 14.4. The van der Waals surface area contributed by atoms with Crippen LogP contribution in [0.2, 0.25) is 0 Å². The number of fused-ring (bicyclic) bond motifs is 1. The minimum Gasteiger partial charge on any atom is -0.341 e. The van der Waals surface area contributed by atoms with Crippen molar-refractivity contribution in [3.63, 3.8) is 0 Å². The molecule has 0 N–H and O–H groups in total. The van der Waals surface area contributed by atoms with Crippen LogP contribution in [0.25, 0.3) is 17.2 Å². The molecule has 0 saturated carbocycles. The smallest absolute Gasteiger partial charge is 0.253 e. The van der Waals surface area contributed by atoms with Crippen molar-refractivity contribution < 1.29 is 4.79 Å². The molecule has 30 heavy (non-hydrogen) atoms. The van der Waals surface area contributed by atoms with E-state index < -0.39 is 0 Å². The number of nitrogens with zero attached hydrogens (tertiary/aromatic N) is 5. The molecule has 0 aliphatic rings. The molecule has 0 spiro atoms. The number of carbonyl (C=O) groups is 1. The van der Waals surface area contributed by atoms with Gasteiger partial charge in [-0.3, -0.25) is 4.79 Å². The van der Waals surface area contributed by atoms with Crippen LogP contribution in [0.1, 0.15) is 28.1 Å². The van der Waals surface area contributed by atoms with Gasteiger partial charge in [-0.25, -0.2) is 9.50 Å². The first kappa shape index (κ1) is 19.8. The monoisotopic (exact) mass is 399 g/mol. The van der Waals surface area contributed by atoms with Crippen LogP contribution in [0.5, 0.6) is 0 Å². The fourth-order valence-corrected chi connectivity index (χ4v) is 3.63. The van der Waals surface area contributed by atoms with Crippen molar-refractivity contribution >= 4 is 11.7 Å². The highest BCUT2D eigenvalue weighted by Gasteiger charge is 2.19. The predicted octanol–water partition coefficient (Wildman–Crippen LogP) is 3.92. The van der Waals surface area contributed by atoms with Crippen LogP contribution in [0.3, 0.4) is 0 Å². The summed E-state index contributed by atoms with van der Waals surface area (Å²) in [6, 6.07) is 18.0. The highest BCUT2D eigenvalue weighted by Crippen LogP contribution is 2.22. The zero-order valence-corrected chi connectivity index (χ0v) is 17.8. The highest BCUT2D eigenvalue weighted by molar-refractivity contribution is 5.79. The van der Waals surface area contributed by atoms with Crippen molar-refractivity contribution in [1.82, 2.24) is 24.5 Å². The molecule has 0 atom stereocenters. The summed E-state index contributed by atoms with van der Waals surface area (Å²) in [4.78, 5) is 23.9. The Morgan fingerprint density at radius 3 is 2.40 bits per heavy atom. The van der Waals surface area contributed by atoms with Gasteiger partial charge in [-0.15, -0.1) is 5.10 Å². The summed E-state index contributed by atoms with van der Waals surface area (Å²) in [7, 11) is 1.83. The summed E-state index contributed by atoms with van der Waals surface area (Å²) in [6.07, 6.45) is 0.281. The molecule has 0 aliphatic carbocycles. The quantitative estimate of drug-likeness (QED) is 0.510. The lowest BCUT2D eigenvalue weighted by molar-refractivity contribution is -0.129. The van der Waals surface area contributed by atoms with Crippen LogP contribution >= 0.6 is 0 Å². The average Bonchev–Trinajstić information content (AvgIpc) is 3.15. The molecular weight excluding hydrogens is 374 g/mol. The number of hydrogen-bond donors (Lipinski definition) is 0. The van der Waals surface area contributed by atoms with Crippen molar-refractivity contribution in [2.45, 2.75) is 33.7 Å². The first-order valence-electron chi connectivity index (χ1n) is 10.0. The minimum atomic E-state index is 0.0467. The number of aromatic nitrogens is 4. The van der Waals surface area contributed by atoms with E-state index in [4.69, 9.17) is 0 Å². The maximum atomic E-state index is 12.9. The Morgan fingerprint density at radius 1 is 0.967 bits per heavy atom. The van der Waals surface area contributed by atoms with Crippen molar-refractivity contribution in [2.75, 3.05) is 7.05 Å². The molecule has 0 aliphatic heterocycles. The van der Waals surface area contributed by atoms with E-state index in [1.807, 2.05) is 82.4 Å².